The third kappa shape index (κ3) is 5.46. The number of hydrogen-bond acceptors (Lipinski definition) is 5. The van der Waals surface area contributed by atoms with Gasteiger partial charge >= 0.3 is 5.97 Å². The first kappa shape index (κ1) is 18.1. The molecule has 6 heteroatoms. The molecule has 6 nitrogen and oxygen atoms in total. The Morgan fingerprint density at radius 1 is 1.27 bits per heavy atom. The molecule has 0 fully saturated rings. The lowest BCUT2D eigenvalue weighted by molar-refractivity contribution is -0.159. The Morgan fingerprint density at radius 2 is 1.86 bits per heavy atom. The number of carbonyl (C=O) groups excluding carboxylic acids is 2. The highest BCUT2D eigenvalue weighted by Crippen LogP contribution is 2.28. The van der Waals surface area contributed by atoms with Gasteiger partial charge in [0.1, 0.15) is 6.61 Å². The molecule has 0 heterocycles. The topological polar surface area (TPSA) is 110 Å². The van der Waals surface area contributed by atoms with Crippen LogP contribution >= 0.6 is 0 Å². The number of ether oxygens (including phenoxy) is 1. The van der Waals surface area contributed by atoms with Gasteiger partial charge in [0.15, 0.2) is 0 Å². The van der Waals surface area contributed by atoms with Gasteiger partial charge in [0.2, 0.25) is 5.91 Å². The number of aliphatic hydroxyl groups excluding tert-OH is 1. The minimum atomic E-state index is -1.35. The Morgan fingerprint density at radius 3 is 2.32 bits per heavy atom. The minimum Gasteiger partial charge on any atom is -0.461 e. The van der Waals surface area contributed by atoms with Gasteiger partial charge in [-0.25, -0.2) is 0 Å². The van der Waals surface area contributed by atoms with Crippen molar-refractivity contribution >= 4 is 11.9 Å². The fraction of sp³-hybridized carbons (Fsp3) is 0.500. The summed E-state index contributed by atoms with van der Waals surface area (Å²) in [7, 11) is 0. The average Bonchev–Trinajstić information content (AvgIpc) is 2.43. The van der Waals surface area contributed by atoms with E-state index in [0.717, 1.165) is 5.56 Å². The van der Waals surface area contributed by atoms with Gasteiger partial charge in [-0.15, -0.1) is 0 Å². The number of carbonyl (C=O) groups is 2. The summed E-state index contributed by atoms with van der Waals surface area (Å²) in [6.45, 7) is 2.53. The van der Waals surface area contributed by atoms with Gasteiger partial charge in [-0.05, 0) is 19.4 Å². The Bertz CT molecular complexity index is 495. The van der Waals surface area contributed by atoms with Gasteiger partial charge in [0, 0.05) is 18.9 Å². The first-order valence-electron chi connectivity index (χ1n) is 7.07. The lowest BCUT2D eigenvalue weighted by atomic mass is 9.79. The number of nitrogens with two attached hydrogens (primary N) is 1. The highest BCUT2D eigenvalue weighted by atomic mass is 16.5. The summed E-state index contributed by atoms with van der Waals surface area (Å²) in [6.07, 6.45) is -0.289. The molecule has 0 aromatic heterocycles. The van der Waals surface area contributed by atoms with Crippen molar-refractivity contribution < 1.29 is 24.5 Å². The van der Waals surface area contributed by atoms with E-state index in [-0.39, 0.29) is 13.0 Å². The number of benzene rings is 1. The number of esters is 1. The van der Waals surface area contributed by atoms with E-state index in [1.807, 2.05) is 18.2 Å². The van der Waals surface area contributed by atoms with E-state index in [0.29, 0.717) is 0 Å². The van der Waals surface area contributed by atoms with Crippen LogP contribution in [0.3, 0.4) is 0 Å². The van der Waals surface area contributed by atoms with Crippen LogP contribution in [0.25, 0.3) is 0 Å². The quantitative estimate of drug-likeness (QED) is 0.609. The third-order valence-corrected chi connectivity index (χ3v) is 3.54. The van der Waals surface area contributed by atoms with Gasteiger partial charge in [-0.1, -0.05) is 30.3 Å². The van der Waals surface area contributed by atoms with Gasteiger partial charge in [-0.2, -0.15) is 0 Å². The zero-order valence-corrected chi connectivity index (χ0v) is 12.9. The molecular weight excluding hydrogens is 286 g/mol. The second-order valence-electron chi connectivity index (χ2n) is 5.81. The third-order valence-electron chi connectivity index (χ3n) is 3.54. The van der Waals surface area contributed by atoms with Crippen LogP contribution in [0.5, 0.6) is 0 Å². The highest BCUT2D eigenvalue weighted by molar-refractivity contribution is 5.82. The molecule has 0 spiro atoms. The average molecular weight is 309 g/mol. The molecule has 0 saturated carbocycles. The number of amides is 1. The van der Waals surface area contributed by atoms with Crippen LogP contribution < -0.4 is 5.73 Å². The minimum absolute atomic E-state index is 0.0545. The Hall–Kier alpha value is -1.92. The molecule has 1 unspecified atom stereocenters. The first-order chi connectivity index (χ1) is 10.3. The lowest BCUT2D eigenvalue weighted by Crippen LogP contribution is -2.44. The van der Waals surface area contributed by atoms with Crippen LogP contribution in [-0.4, -0.2) is 34.3 Å². The number of rotatable bonds is 8. The first-order valence-corrected chi connectivity index (χ1v) is 7.07. The molecule has 0 aliphatic carbocycles. The summed E-state index contributed by atoms with van der Waals surface area (Å²) in [4.78, 5) is 23.4. The largest absolute Gasteiger partial charge is 0.461 e. The second kappa shape index (κ2) is 7.91. The van der Waals surface area contributed by atoms with E-state index in [4.69, 9.17) is 10.5 Å². The monoisotopic (exact) mass is 309 g/mol. The van der Waals surface area contributed by atoms with Crippen LogP contribution in [0.15, 0.2) is 30.3 Å². The van der Waals surface area contributed by atoms with Crippen LogP contribution in [0.1, 0.15) is 25.8 Å². The maximum absolute atomic E-state index is 12.2. The molecule has 0 aliphatic rings. The molecule has 1 aromatic rings. The van der Waals surface area contributed by atoms with Crippen molar-refractivity contribution in [2.75, 3.05) is 6.61 Å². The second-order valence-corrected chi connectivity index (χ2v) is 5.81. The van der Waals surface area contributed by atoms with E-state index in [1.165, 1.54) is 13.8 Å². The zero-order chi connectivity index (χ0) is 16.8. The van der Waals surface area contributed by atoms with Crippen LogP contribution in [-0.2, 0) is 20.9 Å². The molecule has 0 radical (unpaired) electrons. The van der Waals surface area contributed by atoms with Crippen molar-refractivity contribution in [2.24, 2.45) is 17.6 Å². The summed E-state index contributed by atoms with van der Waals surface area (Å²) < 4.78 is 5.20. The normalized spacial score (nSPS) is 14.2. The standard InChI is InChI=1S/C16H23NO5/c1-16(2,21)13(9-18)12(8-14(17)19)15(20)22-10-11-6-4-3-5-7-11/h3-7,12-13,18,21H,8-10H2,1-2H3,(H2,17,19)/t12?,13-/m1/s1. The van der Waals surface area contributed by atoms with Crippen LogP contribution in [0.2, 0.25) is 0 Å². The van der Waals surface area contributed by atoms with Crippen molar-refractivity contribution in [3.05, 3.63) is 35.9 Å². The molecule has 1 rings (SSSR count). The molecule has 1 aromatic carbocycles. The SMILES string of the molecule is CC(C)(O)[C@H](CO)C(CC(N)=O)C(=O)OCc1ccccc1. The number of primary amides is 1. The summed E-state index contributed by atoms with van der Waals surface area (Å²) in [5.74, 6) is -3.19. The molecule has 0 saturated heterocycles. The molecule has 22 heavy (non-hydrogen) atoms. The van der Waals surface area contributed by atoms with E-state index in [2.05, 4.69) is 0 Å². The van der Waals surface area contributed by atoms with E-state index < -0.39 is 35.9 Å². The molecule has 0 bridgehead atoms. The maximum atomic E-state index is 12.2. The molecule has 0 aliphatic heterocycles. The zero-order valence-electron chi connectivity index (χ0n) is 12.9. The predicted molar refractivity (Wildman–Crippen MR) is 80.4 cm³/mol. The smallest absolute Gasteiger partial charge is 0.310 e. The summed E-state index contributed by atoms with van der Waals surface area (Å²) >= 11 is 0. The molecule has 122 valence electrons. The fourth-order valence-corrected chi connectivity index (χ4v) is 2.29. The van der Waals surface area contributed by atoms with Crippen LogP contribution in [0.4, 0.5) is 0 Å². The van der Waals surface area contributed by atoms with E-state index >= 15 is 0 Å². The van der Waals surface area contributed by atoms with Crippen molar-refractivity contribution in [2.45, 2.75) is 32.5 Å². The number of hydrogen-bond donors (Lipinski definition) is 3. The summed E-state index contributed by atoms with van der Waals surface area (Å²) in [6, 6.07) is 9.08. The van der Waals surface area contributed by atoms with Gasteiger partial charge in [-0.3, -0.25) is 9.59 Å². The fourth-order valence-electron chi connectivity index (χ4n) is 2.29. The van der Waals surface area contributed by atoms with Crippen molar-refractivity contribution in [3.63, 3.8) is 0 Å². The Balaban J connectivity index is 2.82. The molecule has 2 atom stereocenters. The Kier molecular flexibility index (Phi) is 6.52. The number of aliphatic hydroxyl groups is 2. The molecular formula is C16H23NO5. The van der Waals surface area contributed by atoms with Gasteiger partial charge in [0.05, 0.1) is 11.5 Å². The van der Waals surface area contributed by atoms with Gasteiger partial charge in [0.25, 0.3) is 0 Å². The highest BCUT2D eigenvalue weighted by Gasteiger charge is 2.39. The lowest BCUT2D eigenvalue weighted by Gasteiger charge is -2.32. The summed E-state index contributed by atoms with van der Waals surface area (Å²) in [5.41, 5.74) is 4.62. The van der Waals surface area contributed by atoms with E-state index in [1.54, 1.807) is 12.1 Å². The van der Waals surface area contributed by atoms with Crippen molar-refractivity contribution in [1.29, 1.82) is 0 Å². The predicted octanol–water partition coefficient (Wildman–Crippen LogP) is 0.601. The van der Waals surface area contributed by atoms with Crippen LogP contribution in [0, 0.1) is 11.8 Å². The van der Waals surface area contributed by atoms with E-state index in [9.17, 15) is 19.8 Å². The maximum Gasteiger partial charge on any atom is 0.310 e. The summed E-state index contributed by atoms with van der Waals surface area (Å²) in [5, 5.41) is 19.5. The molecule has 4 N–H and O–H groups in total. The Labute approximate surface area is 129 Å². The van der Waals surface area contributed by atoms with Gasteiger partial charge < -0.3 is 20.7 Å². The molecule has 1 amide bonds. The van der Waals surface area contributed by atoms with Crippen molar-refractivity contribution in [1.82, 2.24) is 0 Å². The van der Waals surface area contributed by atoms with Crippen molar-refractivity contribution in [3.8, 4) is 0 Å².